The number of piperidine rings is 1. The predicted molar refractivity (Wildman–Crippen MR) is 155 cm³/mol. The van der Waals surface area contributed by atoms with Gasteiger partial charge in [0.25, 0.3) is 0 Å². The van der Waals surface area contributed by atoms with E-state index >= 15 is 0 Å². The summed E-state index contributed by atoms with van der Waals surface area (Å²) in [5, 5.41) is 10.9. The third-order valence-electron chi connectivity index (χ3n) is 9.18. The first-order valence-electron chi connectivity index (χ1n) is 14.3. The van der Waals surface area contributed by atoms with E-state index in [1.807, 2.05) is 6.07 Å². The van der Waals surface area contributed by atoms with Crippen molar-refractivity contribution in [2.45, 2.75) is 61.8 Å². The second-order valence-corrected chi connectivity index (χ2v) is 17.1. The molecule has 1 aromatic carbocycles. The summed E-state index contributed by atoms with van der Waals surface area (Å²) < 4.78 is 79.9. The Labute approximate surface area is 255 Å². The van der Waals surface area contributed by atoms with Crippen molar-refractivity contribution in [3.05, 3.63) is 68.9 Å². The van der Waals surface area contributed by atoms with Gasteiger partial charge < -0.3 is 0 Å². The number of ether oxygens (including phenoxy) is 1. The fraction of sp³-hybridized carbons (Fsp3) is 0.483. The molecule has 1 spiro atoms. The fourth-order valence-corrected chi connectivity index (χ4v) is 12.2. The summed E-state index contributed by atoms with van der Waals surface area (Å²) in [5.41, 5.74) is -2.17. The first kappa shape index (κ1) is 29.3. The number of nitrogens with one attached hydrogen (secondary N) is 1. The average Bonchev–Trinajstić information content (AvgIpc) is 3.74. The van der Waals surface area contributed by atoms with E-state index in [9.17, 15) is 31.5 Å². The van der Waals surface area contributed by atoms with E-state index < -0.39 is 60.7 Å². The van der Waals surface area contributed by atoms with Crippen LogP contribution >= 0.6 is 19.8 Å². The van der Waals surface area contributed by atoms with Gasteiger partial charge in [-0.25, -0.2) is 0 Å². The molecule has 1 saturated carbocycles. The van der Waals surface area contributed by atoms with Crippen LogP contribution in [0.2, 0.25) is 0 Å². The number of halogens is 6. The summed E-state index contributed by atoms with van der Waals surface area (Å²) in [6.07, 6.45) is -2.67. The SMILES string of the molecule is O=C1Nc2ncccc2C2(CCN(C(=O)CI3CC[C@@H](c4cccc(F)c4F)Cn4c3nnc4C3(C(F)(F)F)CC3)CC2)O1. The summed E-state index contributed by atoms with van der Waals surface area (Å²) in [5.74, 6) is -2.54. The van der Waals surface area contributed by atoms with Crippen LogP contribution in [0.25, 0.3) is 0 Å². The first-order valence-corrected chi connectivity index (χ1v) is 18.4. The summed E-state index contributed by atoms with van der Waals surface area (Å²) in [4.78, 5) is 31.9. The zero-order valence-corrected chi connectivity index (χ0v) is 25.5. The summed E-state index contributed by atoms with van der Waals surface area (Å²) in [7, 11) is 0. The van der Waals surface area contributed by atoms with Gasteiger partial charge in [0.1, 0.15) is 0 Å². The van der Waals surface area contributed by atoms with Crippen LogP contribution in [0.4, 0.5) is 32.6 Å². The van der Waals surface area contributed by atoms with Gasteiger partial charge in [0.2, 0.25) is 0 Å². The van der Waals surface area contributed by atoms with E-state index in [2.05, 4.69) is 20.5 Å². The van der Waals surface area contributed by atoms with Crippen LogP contribution in [0.1, 0.15) is 55.0 Å². The average molecular weight is 730 g/mol. The maximum atomic E-state index is 14.9. The van der Waals surface area contributed by atoms with Gasteiger partial charge in [0, 0.05) is 0 Å². The number of benzene rings is 1. The molecule has 2 amide bonds. The number of alkyl halides is 5. The van der Waals surface area contributed by atoms with E-state index in [4.69, 9.17) is 4.74 Å². The molecular weight excluding hydrogens is 702 g/mol. The molecule has 3 aromatic rings. The van der Waals surface area contributed by atoms with Crippen molar-refractivity contribution >= 4 is 37.6 Å². The molecule has 5 heterocycles. The zero-order chi connectivity index (χ0) is 30.9. The number of anilines is 1. The van der Waals surface area contributed by atoms with Crippen molar-refractivity contribution in [1.29, 1.82) is 0 Å². The van der Waals surface area contributed by atoms with Crippen molar-refractivity contribution in [2.75, 3.05) is 27.3 Å². The predicted octanol–water partition coefficient (Wildman–Crippen LogP) is 5.49. The standard InChI is InChI=1S/C29H28F5IN6O3/c30-20-5-1-3-18(22(20)31)17-6-11-35(25-39-38-24(41(25)16-17)27(7-8-27)29(32,33)34)15-21(42)40-13-9-28(10-14-40)19-4-2-12-36-23(19)37-26(43)44-28/h1-5,12,17H,6-11,13-16H2,(H,36,37,43)/t17-/m1/s1. The third kappa shape index (κ3) is 4.81. The molecule has 1 aliphatic carbocycles. The van der Waals surface area contributed by atoms with E-state index in [0.29, 0.717) is 46.4 Å². The van der Waals surface area contributed by atoms with Gasteiger partial charge in [-0.05, 0) is 0 Å². The molecule has 234 valence electrons. The van der Waals surface area contributed by atoms with E-state index in [1.165, 1.54) is 16.7 Å². The molecule has 44 heavy (non-hydrogen) atoms. The number of fused-ring (bicyclic) bond motifs is 3. The van der Waals surface area contributed by atoms with Crippen LogP contribution in [0.3, 0.4) is 0 Å². The van der Waals surface area contributed by atoms with Gasteiger partial charge in [-0.3, -0.25) is 0 Å². The van der Waals surface area contributed by atoms with Crippen LogP contribution in [0.15, 0.2) is 36.5 Å². The minimum atomic E-state index is -4.53. The van der Waals surface area contributed by atoms with Crippen molar-refractivity contribution in [2.24, 2.45) is 0 Å². The Morgan fingerprint density at radius 2 is 1.86 bits per heavy atom. The summed E-state index contributed by atoms with van der Waals surface area (Å²) in [6.45, 7) is 0.616. The molecule has 0 radical (unpaired) electrons. The molecule has 9 nitrogen and oxygen atoms in total. The van der Waals surface area contributed by atoms with Gasteiger partial charge in [0.05, 0.1) is 0 Å². The van der Waals surface area contributed by atoms with Crippen molar-refractivity contribution < 1.29 is 36.3 Å². The molecule has 1 saturated heterocycles. The molecule has 15 heteroatoms. The van der Waals surface area contributed by atoms with Crippen LogP contribution in [0, 0.1) is 15.5 Å². The maximum absolute atomic E-state index is 14.9. The van der Waals surface area contributed by atoms with Crippen LogP contribution in [-0.4, -0.2) is 64.8 Å². The molecule has 1 atom stereocenters. The Hall–Kier alpha value is -3.37. The summed E-state index contributed by atoms with van der Waals surface area (Å²) in [6, 6.07) is 7.46. The molecule has 0 unspecified atom stereocenters. The Morgan fingerprint density at radius 1 is 1.09 bits per heavy atom. The van der Waals surface area contributed by atoms with Crippen molar-refractivity contribution in [1.82, 2.24) is 24.6 Å². The number of likely N-dealkylation sites (tertiary alicyclic amines) is 1. The van der Waals surface area contributed by atoms with Crippen molar-refractivity contribution in [3.8, 4) is 0 Å². The number of rotatable bonds is 4. The monoisotopic (exact) mass is 730 g/mol. The van der Waals surface area contributed by atoms with Crippen LogP contribution < -0.4 is 5.32 Å². The third-order valence-corrected chi connectivity index (χ3v) is 14.8. The van der Waals surface area contributed by atoms with E-state index in [-0.39, 0.29) is 41.1 Å². The van der Waals surface area contributed by atoms with Gasteiger partial charge in [-0.1, -0.05) is 0 Å². The normalized spacial score (nSPS) is 22.8. The van der Waals surface area contributed by atoms with E-state index in [0.717, 1.165) is 11.6 Å². The van der Waals surface area contributed by atoms with Crippen molar-refractivity contribution in [3.63, 3.8) is 0 Å². The number of nitrogens with zero attached hydrogens (tertiary/aromatic N) is 5. The van der Waals surface area contributed by atoms with E-state index in [1.54, 1.807) is 17.2 Å². The van der Waals surface area contributed by atoms with Gasteiger partial charge in [0.15, 0.2) is 0 Å². The molecule has 2 fully saturated rings. The number of carbonyl (C=O) groups is 2. The quantitative estimate of drug-likeness (QED) is 0.217. The van der Waals surface area contributed by atoms with Gasteiger partial charge in [-0.2, -0.15) is 0 Å². The van der Waals surface area contributed by atoms with Crippen LogP contribution in [0.5, 0.6) is 0 Å². The fourth-order valence-electron chi connectivity index (χ4n) is 6.57. The minimum absolute atomic E-state index is 0.0167. The number of hydrogen-bond acceptors (Lipinski definition) is 6. The number of aromatic nitrogens is 4. The van der Waals surface area contributed by atoms with Crippen LogP contribution in [-0.2, 0) is 27.1 Å². The Bertz CT molecular complexity index is 1640. The molecule has 3 aliphatic heterocycles. The number of amides is 2. The second kappa shape index (κ2) is 10.6. The molecular formula is C29H28F5IN6O3. The number of pyridine rings is 1. The van der Waals surface area contributed by atoms with Gasteiger partial charge in [-0.15, -0.1) is 0 Å². The Kier molecular flexibility index (Phi) is 7.08. The second-order valence-electron chi connectivity index (χ2n) is 11.7. The molecule has 1 N–H and O–H groups in total. The topological polar surface area (TPSA) is 102 Å². The molecule has 4 aliphatic rings. The number of hydrogen-bond donors (Lipinski definition) is 1. The molecule has 2 aromatic heterocycles. The Balaban J connectivity index is 1.14. The van der Waals surface area contributed by atoms with Gasteiger partial charge >= 0.3 is 257 Å². The summed E-state index contributed by atoms with van der Waals surface area (Å²) >= 11 is -2.59. The molecule has 7 rings (SSSR count). The number of carbonyl (C=O) groups excluding carboxylic acids is 2. The Morgan fingerprint density at radius 3 is 2.59 bits per heavy atom. The first-order chi connectivity index (χ1) is 21.0. The molecule has 0 bridgehead atoms. The zero-order valence-electron chi connectivity index (χ0n) is 23.3.